The van der Waals surface area contributed by atoms with Crippen molar-refractivity contribution in [1.29, 1.82) is 5.26 Å². The molecule has 2 N–H and O–H groups in total. The minimum absolute atomic E-state index is 0.120. The number of nitrogens with one attached hydrogen (secondary N) is 2. The number of anilines is 3. The third-order valence-corrected chi connectivity index (χ3v) is 11.7. The van der Waals surface area contributed by atoms with Crippen molar-refractivity contribution in [2.75, 3.05) is 30.9 Å². The Morgan fingerprint density at radius 1 is 1.25 bits per heavy atom. The highest BCUT2D eigenvalue weighted by molar-refractivity contribution is 6.74. The molecule has 0 radical (unpaired) electrons. The van der Waals surface area contributed by atoms with Crippen LogP contribution in [-0.4, -0.2) is 48.5 Å². The number of nitriles is 1. The van der Waals surface area contributed by atoms with E-state index in [4.69, 9.17) is 14.1 Å². The molecule has 0 bridgehead atoms. The van der Waals surface area contributed by atoms with E-state index in [1.807, 2.05) is 12.1 Å². The van der Waals surface area contributed by atoms with Gasteiger partial charge < -0.3 is 19.8 Å². The second-order valence-corrected chi connectivity index (χ2v) is 15.7. The number of aromatic nitrogens is 4. The smallest absolute Gasteiger partial charge is 0.240 e. The maximum absolute atomic E-state index is 9.93. The van der Waals surface area contributed by atoms with Crippen LogP contribution in [0.2, 0.25) is 18.1 Å². The van der Waals surface area contributed by atoms with Crippen LogP contribution >= 0.6 is 0 Å². The molecule has 1 aromatic carbocycles. The molecule has 36 heavy (non-hydrogen) atoms. The summed E-state index contributed by atoms with van der Waals surface area (Å²) in [6.45, 7) is 14.7. The lowest BCUT2D eigenvalue weighted by atomic mass is 9.83. The Morgan fingerprint density at radius 2 is 2.03 bits per heavy atom. The van der Waals surface area contributed by atoms with E-state index in [-0.39, 0.29) is 10.5 Å². The normalized spacial score (nSPS) is 17.2. The number of hydrogen-bond acceptors (Lipinski definition) is 9. The number of nitrogens with zero attached hydrogens (tertiary/aromatic N) is 5. The highest BCUT2D eigenvalue weighted by Crippen LogP contribution is 2.44. The van der Waals surface area contributed by atoms with Gasteiger partial charge in [0.15, 0.2) is 8.32 Å². The van der Waals surface area contributed by atoms with E-state index >= 15 is 0 Å². The van der Waals surface area contributed by atoms with E-state index in [2.05, 4.69) is 78.5 Å². The summed E-state index contributed by atoms with van der Waals surface area (Å²) in [5, 5.41) is 16.6. The molecule has 1 atom stereocenters. The van der Waals surface area contributed by atoms with Gasteiger partial charge in [-0.25, -0.2) is 15.0 Å². The highest BCUT2D eigenvalue weighted by Gasteiger charge is 2.42. The van der Waals surface area contributed by atoms with Gasteiger partial charge in [-0.3, -0.25) is 0 Å². The Kier molecular flexibility index (Phi) is 6.73. The lowest BCUT2D eigenvalue weighted by molar-refractivity contribution is 0.220. The summed E-state index contributed by atoms with van der Waals surface area (Å²) in [5.41, 5.74) is 4.36. The van der Waals surface area contributed by atoms with Crippen molar-refractivity contribution in [2.24, 2.45) is 0 Å². The molecule has 9 nitrogen and oxygen atoms in total. The van der Waals surface area contributed by atoms with Gasteiger partial charge in [0, 0.05) is 30.3 Å². The zero-order valence-electron chi connectivity index (χ0n) is 21.9. The van der Waals surface area contributed by atoms with Crippen LogP contribution in [0.25, 0.3) is 11.3 Å². The third-order valence-electron chi connectivity index (χ3n) is 7.19. The molecule has 0 fully saturated rings. The van der Waals surface area contributed by atoms with Crippen LogP contribution in [0.4, 0.5) is 17.3 Å². The van der Waals surface area contributed by atoms with Crippen molar-refractivity contribution in [2.45, 2.75) is 51.2 Å². The minimum Gasteiger partial charge on any atom is -0.479 e. The lowest BCUT2D eigenvalue weighted by Crippen LogP contribution is -2.45. The molecule has 3 heterocycles. The number of benzene rings is 1. The number of rotatable bonds is 7. The van der Waals surface area contributed by atoms with Gasteiger partial charge in [0.2, 0.25) is 11.8 Å². The second kappa shape index (κ2) is 9.48. The molecule has 4 rings (SSSR count). The maximum Gasteiger partial charge on any atom is 0.240 e. The van der Waals surface area contributed by atoms with E-state index in [9.17, 15) is 5.26 Å². The molecule has 1 unspecified atom stereocenters. The molecule has 0 saturated heterocycles. The zero-order chi connectivity index (χ0) is 26.1. The van der Waals surface area contributed by atoms with E-state index in [0.29, 0.717) is 41.9 Å². The standard InChI is InChI=1S/C26H33N7O2Si/c1-25(2,3)36(6,7)35-15-26(4)14-30-22-18(12-27)10-17(11-19(22)26)20-8-9-29-24(32-20)33-21-13-28-16-31-23(21)34-5/h8-11,13,16,30H,14-15H2,1-7H3,(H,29,32,33). The van der Waals surface area contributed by atoms with Crippen molar-refractivity contribution >= 4 is 25.6 Å². The SMILES string of the molecule is COc1ncncc1Nc1nccc(-c2cc(C#N)c3c(c2)C(C)(CO[Si](C)(C)C(C)(C)C)CN3)n1. The van der Waals surface area contributed by atoms with Crippen molar-refractivity contribution in [3.8, 4) is 23.2 Å². The molecule has 10 heteroatoms. The van der Waals surface area contributed by atoms with Gasteiger partial charge in [0.25, 0.3) is 0 Å². The molecule has 188 valence electrons. The molecule has 1 aliphatic heterocycles. The molecule has 2 aromatic heterocycles. The summed E-state index contributed by atoms with van der Waals surface area (Å²) in [7, 11) is -0.394. The monoisotopic (exact) mass is 503 g/mol. The van der Waals surface area contributed by atoms with Gasteiger partial charge >= 0.3 is 0 Å². The largest absolute Gasteiger partial charge is 0.479 e. The average Bonchev–Trinajstić information content (AvgIpc) is 3.19. The van der Waals surface area contributed by atoms with Crippen molar-refractivity contribution in [3.05, 3.63) is 48.0 Å². The molecule has 1 aliphatic rings. The minimum atomic E-state index is -1.93. The van der Waals surface area contributed by atoms with Gasteiger partial charge in [-0.05, 0) is 41.9 Å². The molecule has 0 aliphatic carbocycles. The predicted octanol–water partition coefficient (Wildman–Crippen LogP) is 5.26. The van der Waals surface area contributed by atoms with Crippen LogP contribution in [0, 0.1) is 11.3 Å². The van der Waals surface area contributed by atoms with Gasteiger partial charge in [-0.1, -0.05) is 27.7 Å². The molecule has 0 amide bonds. The fourth-order valence-corrected chi connectivity index (χ4v) is 4.99. The fraction of sp³-hybridized carbons (Fsp3) is 0.423. The first-order valence-electron chi connectivity index (χ1n) is 11.9. The quantitative estimate of drug-likeness (QED) is 0.416. The number of fused-ring (bicyclic) bond motifs is 1. The first kappa shape index (κ1) is 25.5. The number of hydrogen-bond donors (Lipinski definition) is 2. The first-order valence-corrected chi connectivity index (χ1v) is 14.8. The Bertz CT molecular complexity index is 1320. The van der Waals surface area contributed by atoms with Crippen LogP contribution in [0.5, 0.6) is 5.88 Å². The molecule has 3 aromatic rings. The second-order valence-electron chi connectivity index (χ2n) is 10.9. The first-order chi connectivity index (χ1) is 17.0. The van der Waals surface area contributed by atoms with Gasteiger partial charge in [-0.15, -0.1) is 0 Å². The summed E-state index contributed by atoms with van der Waals surface area (Å²) in [6, 6.07) is 8.17. The summed E-state index contributed by atoms with van der Waals surface area (Å²) >= 11 is 0. The highest BCUT2D eigenvalue weighted by atomic mass is 28.4. The Balaban J connectivity index is 1.68. The predicted molar refractivity (Wildman–Crippen MR) is 143 cm³/mol. The van der Waals surface area contributed by atoms with Gasteiger partial charge in [-0.2, -0.15) is 10.2 Å². The van der Waals surface area contributed by atoms with E-state index < -0.39 is 8.32 Å². The van der Waals surface area contributed by atoms with E-state index in [0.717, 1.165) is 16.8 Å². The average molecular weight is 504 g/mol. The Morgan fingerprint density at radius 3 is 2.72 bits per heavy atom. The van der Waals surface area contributed by atoms with Crippen LogP contribution in [0.3, 0.4) is 0 Å². The fourth-order valence-electron chi connectivity index (χ4n) is 3.88. The van der Waals surface area contributed by atoms with E-state index in [1.54, 1.807) is 19.5 Å². The van der Waals surface area contributed by atoms with Crippen molar-refractivity contribution in [1.82, 2.24) is 19.9 Å². The van der Waals surface area contributed by atoms with Crippen LogP contribution in [0.1, 0.15) is 38.8 Å². The number of methoxy groups -OCH3 is 1. The summed E-state index contributed by atoms with van der Waals surface area (Å²) in [5.74, 6) is 0.772. The third kappa shape index (κ3) is 4.89. The number of ether oxygens (including phenoxy) is 1. The molecule has 0 saturated carbocycles. The van der Waals surface area contributed by atoms with Crippen LogP contribution in [0.15, 0.2) is 36.9 Å². The van der Waals surface area contributed by atoms with Crippen molar-refractivity contribution < 1.29 is 9.16 Å². The summed E-state index contributed by atoms with van der Waals surface area (Å²) in [4.78, 5) is 17.2. The van der Waals surface area contributed by atoms with Gasteiger partial charge in [0.05, 0.1) is 30.3 Å². The summed E-state index contributed by atoms with van der Waals surface area (Å²) in [6.07, 6.45) is 4.69. The molecular weight excluding hydrogens is 470 g/mol. The topological polar surface area (TPSA) is 118 Å². The lowest BCUT2D eigenvalue weighted by Gasteiger charge is -2.39. The van der Waals surface area contributed by atoms with E-state index in [1.165, 1.54) is 6.33 Å². The van der Waals surface area contributed by atoms with Crippen molar-refractivity contribution in [3.63, 3.8) is 0 Å². The zero-order valence-corrected chi connectivity index (χ0v) is 22.9. The Labute approximate surface area is 213 Å². The summed E-state index contributed by atoms with van der Waals surface area (Å²) < 4.78 is 11.9. The maximum atomic E-state index is 9.93. The Hall–Kier alpha value is -3.55. The van der Waals surface area contributed by atoms with Gasteiger partial charge in [0.1, 0.15) is 18.1 Å². The molecule has 0 spiro atoms. The van der Waals surface area contributed by atoms with Crippen LogP contribution < -0.4 is 15.4 Å². The molecular formula is C26H33N7O2Si. The van der Waals surface area contributed by atoms with Crippen LogP contribution in [-0.2, 0) is 9.84 Å².